The van der Waals surface area contributed by atoms with Crippen molar-refractivity contribution in [2.45, 2.75) is 101 Å². The Morgan fingerprint density at radius 2 is 1.32 bits per heavy atom. The molecule has 1 N–H and O–H groups in total. The van der Waals surface area contributed by atoms with E-state index in [4.69, 9.17) is 4.74 Å². The highest BCUT2D eigenvalue weighted by atomic mass is 32.2. The standard InChI is InChI=1S/C35H39F5O6S/c1-5-21(22-11-15-26(16-12-22)47(43,44)46-32-30(39)28(37)27(36)29(38)31(32)40)19-24(23-9-13-25(41)14-10-23)20-34(3,4)33(42)45-35(6-2)17-7-8-18-35/h9-16,21,24,41H,5-8,17-20H2,1-4H3. The van der Waals surface area contributed by atoms with Crippen LogP contribution in [0.5, 0.6) is 11.5 Å². The Hall–Kier alpha value is -3.67. The molecule has 2 atom stereocenters. The molecule has 1 saturated carbocycles. The zero-order valence-corrected chi connectivity index (χ0v) is 27.5. The van der Waals surface area contributed by atoms with Crippen LogP contribution in [0.4, 0.5) is 22.0 Å². The summed E-state index contributed by atoms with van der Waals surface area (Å²) in [5.41, 5.74) is 0.299. The molecule has 2 unspecified atom stereocenters. The molecule has 1 aliphatic carbocycles. The highest BCUT2D eigenvalue weighted by Crippen LogP contribution is 2.43. The number of ether oxygens (including phenoxy) is 1. The monoisotopic (exact) mass is 682 g/mol. The second-order valence-electron chi connectivity index (χ2n) is 12.9. The minimum absolute atomic E-state index is 0.0919. The van der Waals surface area contributed by atoms with Crippen molar-refractivity contribution < 1.29 is 49.2 Å². The van der Waals surface area contributed by atoms with Crippen LogP contribution in [0, 0.1) is 34.5 Å². The first-order valence-electron chi connectivity index (χ1n) is 15.6. The molecule has 1 aliphatic rings. The molecule has 0 radical (unpaired) electrons. The van der Waals surface area contributed by atoms with Crippen molar-refractivity contribution in [1.29, 1.82) is 0 Å². The van der Waals surface area contributed by atoms with Crippen molar-refractivity contribution in [2.24, 2.45) is 5.41 Å². The molecule has 6 nitrogen and oxygen atoms in total. The zero-order chi connectivity index (χ0) is 34.7. The molecule has 4 rings (SSSR count). The van der Waals surface area contributed by atoms with Crippen molar-refractivity contribution in [1.82, 2.24) is 0 Å². The molecule has 0 bridgehead atoms. The molecule has 0 saturated heterocycles. The van der Waals surface area contributed by atoms with E-state index in [1.165, 1.54) is 12.1 Å². The lowest BCUT2D eigenvalue weighted by Gasteiger charge is -2.35. The first-order chi connectivity index (χ1) is 22.0. The van der Waals surface area contributed by atoms with Gasteiger partial charge in [0.05, 0.1) is 5.41 Å². The number of benzene rings is 3. The van der Waals surface area contributed by atoms with Crippen molar-refractivity contribution in [3.05, 3.63) is 88.7 Å². The summed E-state index contributed by atoms with van der Waals surface area (Å²) in [6.45, 7) is 7.68. The number of esters is 1. The maximum Gasteiger partial charge on any atom is 0.339 e. The summed E-state index contributed by atoms with van der Waals surface area (Å²) < 4.78 is 105. The van der Waals surface area contributed by atoms with Crippen LogP contribution in [0.15, 0.2) is 53.4 Å². The third kappa shape index (κ3) is 7.90. The van der Waals surface area contributed by atoms with Crippen LogP contribution in [-0.4, -0.2) is 25.1 Å². The van der Waals surface area contributed by atoms with Gasteiger partial charge >= 0.3 is 16.1 Å². The molecular formula is C35H39F5O6S. The van der Waals surface area contributed by atoms with Gasteiger partial charge in [0.1, 0.15) is 16.2 Å². The molecule has 0 amide bonds. The first kappa shape index (κ1) is 36.2. The number of halogens is 5. The van der Waals surface area contributed by atoms with Gasteiger partial charge in [-0.15, -0.1) is 0 Å². The van der Waals surface area contributed by atoms with E-state index in [-0.39, 0.29) is 23.6 Å². The number of rotatable bonds is 13. The zero-order valence-electron chi connectivity index (χ0n) is 26.7. The minimum Gasteiger partial charge on any atom is -0.508 e. The summed E-state index contributed by atoms with van der Waals surface area (Å²) in [7, 11) is -4.99. The average molecular weight is 683 g/mol. The number of phenols is 1. The summed E-state index contributed by atoms with van der Waals surface area (Å²) in [4.78, 5) is 13.0. The lowest BCUT2D eigenvalue weighted by Crippen LogP contribution is -2.38. The van der Waals surface area contributed by atoms with E-state index in [1.807, 2.05) is 27.7 Å². The Balaban J connectivity index is 1.57. The fourth-order valence-corrected chi connectivity index (χ4v) is 7.20. The van der Waals surface area contributed by atoms with Gasteiger partial charge in [0.15, 0.2) is 0 Å². The molecule has 47 heavy (non-hydrogen) atoms. The maximum absolute atomic E-state index is 14.1. The SMILES string of the molecule is CCC(CC(CC(C)(C)C(=O)OC1(CC)CCCC1)c1ccc(O)cc1)c1ccc(S(=O)(=O)Oc2c(F)c(F)c(F)c(F)c2F)cc1. The fraction of sp³-hybridized carbons (Fsp3) is 0.457. The molecule has 1 fully saturated rings. The minimum atomic E-state index is -4.99. The molecule has 3 aromatic rings. The summed E-state index contributed by atoms with van der Waals surface area (Å²) >= 11 is 0. The van der Waals surface area contributed by atoms with E-state index in [0.717, 1.165) is 49.8 Å². The predicted octanol–water partition coefficient (Wildman–Crippen LogP) is 9.21. The molecule has 0 aliphatic heterocycles. The second-order valence-corrected chi connectivity index (χ2v) is 14.4. The van der Waals surface area contributed by atoms with Crippen LogP contribution in [-0.2, 0) is 19.6 Å². The first-order valence-corrected chi connectivity index (χ1v) is 17.0. The maximum atomic E-state index is 14.1. The number of hydrogen-bond acceptors (Lipinski definition) is 6. The Bertz CT molecular complexity index is 1660. The number of phenolic OH excluding ortho intramolecular Hbond substituents is 1. The van der Waals surface area contributed by atoms with Crippen molar-refractivity contribution in [3.8, 4) is 11.5 Å². The Morgan fingerprint density at radius 3 is 1.83 bits per heavy atom. The normalized spacial score (nSPS) is 16.1. The van der Waals surface area contributed by atoms with Gasteiger partial charge in [-0.25, -0.2) is 13.2 Å². The Kier molecular flexibility index (Phi) is 10.9. The number of aromatic hydroxyl groups is 1. The van der Waals surface area contributed by atoms with E-state index in [0.29, 0.717) is 24.8 Å². The van der Waals surface area contributed by atoms with Crippen molar-refractivity contribution >= 4 is 16.1 Å². The molecular weight excluding hydrogens is 643 g/mol. The highest BCUT2D eigenvalue weighted by Gasteiger charge is 2.41. The van der Waals surface area contributed by atoms with Crippen molar-refractivity contribution in [2.75, 3.05) is 0 Å². The molecule has 0 heterocycles. The van der Waals surface area contributed by atoms with Gasteiger partial charge in [0.2, 0.25) is 34.8 Å². The lowest BCUT2D eigenvalue weighted by molar-refractivity contribution is -0.171. The van der Waals surface area contributed by atoms with Crippen LogP contribution < -0.4 is 4.18 Å². The van der Waals surface area contributed by atoms with Gasteiger partial charge in [-0.05, 0) is 112 Å². The van der Waals surface area contributed by atoms with Gasteiger partial charge in [-0.2, -0.15) is 17.2 Å². The Labute approximate surface area is 272 Å². The lowest BCUT2D eigenvalue weighted by atomic mass is 9.74. The Morgan fingerprint density at radius 1 is 0.830 bits per heavy atom. The molecule has 12 heteroatoms. The van der Waals surface area contributed by atoms with Gasteiger partial charge in [-0.3, -0.25) is 4.79 Å². The molecule has 3 aromatic carbocycles. The fourth-order valence-electron chi connectivity index (χ4n) is 6.27. The van der Waals surface area contributed by atoms with Gasteiger partial charge in [0.25, 0.3) is 0 Å². The second kappa shape index (κ2) is 14.2. The summed E-state index contributed by atoms with van der Waals surface area (Å²) in [6.07, 6.45) is 6.02. The number of hydrogen-bond donors (Lipinski definition) is 1. The third-order valence-electron chi connectivity index (χ3n) is 9.21. The van der Waals surface area contributed by atoms with Crippen LogP contribution >= 0.6 is 0 Å². The van der Waals surface area contributed by atoms with Crippen LogP contribution in [0.1, 0.15) is 102 Å². The number of carbonyl (C=O) groups is 1. The number of carbonyl (C=O) groups excluding carboxylic acids is 1. The largest absolute Gasteiger partial charge is 0.508 e. The van der Waals surface area contributed by atoms with Crippen molar-refractivity contribution in [3.63, 3.8) is 0 Å². The quantitative estimate of drug-likeness (QED) is 0.0636. The third-order valence-corrected chi connectivity index (χ3v) is 10.4. The van der Waals surface area contributed by atoms with Gasteiger partial charge in [-0.1, -0.05) is 38.1 Å². The average Bonchev–Trinajstić information content (AvgIpc) is 3.52. The van der Waals surface area contributed by atoms with Gasteiger partial charge < -0.3 is 14.0 Å². The molecule has 256 valence electrons. The highest BCUT2D eigenvalue weighted by molar-refractivity contribution is 7.87. The smallest absolute Gasteiger partial charge is 0.339 e. The van der Waals surface area contributed by atoms with E-state index in [2.05, 4.69) is 4.18 Å². The van der Waals surface area contributed by atoms with Gasteiger partial charge in [0, 0.05) is 0 Å². The summed E-state index contributed by atoms with van der Waals surface area (Å²) in [5, 5.41) is 9.91. The van der Waals surface area contributed by atoms with Crippen LogP contribution in [0.2, 0.25) is 0 Å². The topological polar surface area (TPSA) is 89.9 Å². The van der Waals surface area contributed by atoms with E-state index >= 15 is 0 Å². The molecule has 0 spiro atoms. The van der Waals surface area contributed by atoms with Crippen LogP contribution in [0.25, 0.3) is 0 Å². The molecule has 0 aromatic heterocycles. The van der Waals surface area contributed by atoms with E-state index in [9.17, 15) is 40.3 Å². The summed E-state index contributed by atoms with van der Waals surface area (Å²) in [6, 6.07) is 12.0. The van der Waals surface area contributed by atoms with Crippen LogP contribution in [0.3, 0.4) is 0 Å². The predicted molar refractivity (Wildman–Crippen MR) is 165 cm³/mol. The van der Waals surface area contributed by atoms with E-state index < -0.39 is 60.9 Å². The summed E-state index contributed by atoms with van der Waals surface area (Å²) in [5.74, 6) is -14.4. The van der Waals surface area contributed by atoms with E-state index in [1.54, 1.807) is 24.3 Å².